The Bertz CT molecular complexity index is 1820. The van der Waals surface area contributed by atoms with E-state index in [1.54, 1.807) is 12.3 Å². The minimum absolute atomic E-state index is 0.201. The van der Waals surface area contributed by atoms with Gasteiger partial charge in [0, 0.05) is 68.5 Å². The molecule has 2 aliphatic carbocycles. The summed E-state index contributed by atoms with van der Waals surface area (Å²) in [7, 11) is -1.32. The summed E-state index contributed by atoms with van der Waals surface area (Å²) in [4.78, 5) is 23.6. The predicted molar refractivity (Wildman–Crippen MR) is 181 cm³/mol. The molecule has 0 unspecified atom stereocenters. The van der Waals surface area contributed by atoms with Crippen LogP contribution in [0.25, 0.3) is 22.6 Å². The minimum atomic E-state index is -3.48. The van der Waals surface area contributed by atoms with E-state index in [1.165, 1.54) is 12.4 Å². The average Bonchev–Trinajstić information content (AvgIpc) is 3.80. The highest BCUT2D eigenvalue weighted by Crippen LogP contribution is 2.35. The van der Waals surface area contributed by atoms with Crippen LogP contribution in [0.4, 0.5) is 17.3 Å². The quantitative estimate of drug-likeness (QED) is 0.227. The van der Waals surface area contributed by atoms with Crippen molar-refractivity contribution in [2.24, 2.45) is 0 Å². The van der Waals surface area contributed by atoms with E-state index in [0.29, 0.717) is 35.9 Å². The molecular weight excluding hydrogens is 616 g/mol. The van der Waals surface area contributed by atoms with Crippen molar-refractivity contribution in [1.82, 2.24) is 38.9 Å². The third-order valence-corrected chi connectivity index (χ3v) is 11.4. The molecule has 0 bridgehead atoms. The first-order valence-electron chi connectivity index (χ1n) is 16.4. The Morgan fingerprint density at radius 1 is 0.979 bits per heavy atom. The van der Waals surface area contributed by atoms with Gasteiger partial charge in [-0.3, -0.25) is 9.88 Å². The van der Waals surface area contributed by atoms with Crippen molar-refractivity contribution in [2.75, 3.05) is 43.9 Å². The maximum atomic E-state index is 12.6. The Labute approximate surface area is 275 Å². The lowest BCUT2D eigenvalue weighted by molar-refractivity contribution is 0.0196. The smallest absolute Gasteiger partial charge is 0.256 e. The van der Waals surface area contributed by atoms with Crippen molar-refractivity contribution in [2.45, 2.75) is 68.9 Å². The third kappa shape index (κ3) is 7.45. The van der Waals surface area contributed by atoms with Crippen molar-refractivity contribution in [3.8, 4) is 22.6 Å². The van der Waals surface area contributed by atoms with Gasteiger partial charge < -0.3 is 20.6 Å². The zero-order chi connectivity index (χ0) is 32.6. The fraction of sp³-hybridized carbons (Fsp3) is 0.485. The van der Waals surface area contributed by atoms with E-state index in [-0.39, 0.29) is 11.3 Å². The first kappa shape index (κ1) is 31.6. The number of aliphatic hydroxyl groups is 1. The molecule has 1 aliphatic heterocycles. The van der Waals surface area contributed by atoms with Crippen LogP contribution in [0.1, 0.15) is 51.1 Å². The van der Waals surface area contributed by atoms with Crippen LogP contribution in [0.2, 0.25) is 0 Å². The zero-order valence-electron chi connectivity index (χ0n) is 26.9. The van der Waals surface area contributed by atoms with E-state index >= 15 is 0 Å². The maximum Gasteiger partial charge on any atom is 0.256 e. The van der Waals surface area contributed by atoms with Gasteiger partial charge in [-0.1, -0.05) is 6.07 Å². The molecule has 0 spiro atoms. The van der Waals surface area contributed by atoms with Gasteiger partial charge in [0.05, 0.1) is 40.2 Å². The molecule has 0 amide bonds. The van der Waals surface area contributed by atoms with Crippen molar-refractivity contribution in [1.29, 1.82) is 0 Å². The molecular formula is C33H42N10O3S. The summed E-state index contributed by atoms with van der Waals surface area (Å²) in [5, 5.41) is 21.3. The van der Waals surface area contributed by atoms with Crippen molar-refractivity contribution in [3.05, 3.63) is 60.8 Å². The fourth-order valence-electron chi connectivity index (χ4n) is 6.18. The van der Waals surface area contributed by atoms with E-state index in [0.717, 1.165) is 85.1 Å². The lowest BCUT2D eigenvalue weighted by Gasteiger charge is -2.34. The molecule has 1 saturated heterocycles. The number of nitrogens with one attached hydrogen (secondary N) is 2. The lowest BCUT2D eigenvalue weighted by atomic mass is 9.83. The number of hydrogen-bond acceptors (Lipinski definition) is 12. The summed E-state index contributed by atoms with van der Waals surface area (Å²) in [6.45, 7) is 6.87. The maximum absolute atomic E-state index is 12.6. The average molecular weight is 659 g/mol. The summed E-state index contributed by atoms with van der Waals surface area (Å²) in [6, 6.07) is 10.1. The third-order valence-electron chi connectivity index (χ3n) is 9.33. The molecule has 13 nitrogen and oxygen atoms in total. The number of nitrogens with zero attached hydrogens (tertiary/aromatic N) is 8. The number of piperazine rings is 1. The highest BCUT2D eigenvalue weighted by Gasteiger charge is 2.37. The zero-order valence-corrected chi connectivity index (χ0v) is 27.7. The standard InChI is InChI=1S/C33H42N10O3S/c1-33(44)11-8-24(9-12-33)37-29-18-31(35-20-27(29)28-5-3-4-25(38-28)22-42-16-14-41(2)15-17-42)39-30-10-13-34-32(40-30)23-19-36-43(21-23)47(45,46)26-6-7-26/h3-5,10,13,18-21,24,26,44H,6-9,11-12,14-17,22H2,1-2H3,(H2,34,35,37,39,40). The number of likely N-dealkylation sites (N-methyl/N-ethyl adjacent to an activating group) is 1. The van der Waals surface area contributed by atoms with Crippen molar-refractivity contribution in [3.63, 3.8) is 0 Å². The molecule has 5 heterocycles. The largest absolute Gasteiger partial charge is 0.390 e. The molecule has 3 aliphatic rings. The number of aromatic nitrogens is 6. The molecule has 4 aromatic heterocycles. The van der Waals surface area contributed by atoms with Gasteiger partial charge in [-0.15, -0.1) is 0 Å². The monoisotopic (exact) mass is 658 g/mol. The Hall–Kier alpha value is -3.98. The molecule has 7 rings (SSSR count). The second kappa shape index (κ2) is 12.9. The van der Waals surface area contributed by atoms with Gasteiger partial charge in [-0.05, 0) is 70.7 Å². The van der Waals surface area contributed by atoms with Gasteiger partial charge in [-0.2, -0.15) is 9.19 Å². The molecule has 4 aromatic rings. The van der Waals surface area contributed by atoms with Gasteiger partial charge in [0.25, 0.3) is 10.0 Å². The van der Waals surface area contributed by atoms with Crippen LogP contribution >= 0.6 is 0 Å². The Morgan fingerprint density at radius 3 is 2.53 bits per heavy atom. The van der Waals surface area contributed by atoms with Gasteiger partial charge in [0.2, 0.25) is 0 Å². The number of anilines is 3. The normalized spacial score (nSPS) is 22.7. The van der Waals surface area contributed by atoms with E-state index in [2.05, 4.69) is 54.7 Å². The molecule has 0 atom stereocenters. The molecule has 14 heteroatoms. The summed E-state index contributed by atoms with van der Waals surface area (Å²) in [6.07, 6.45) is 10.9. The number of hydrogen-bond donors (Lipinski definition) is 3. The van der Waals surface area contributed by atoms with Gasteiger partial charge in [-0.25, -0.2) is 23.4 Å². The first-order chi connectivity index (χ1) is 22.6. The second-order valence-electron chi connectivity index (χ2n) is 13.4. The van der Waals surface area contributed by atoms with Crippen LogP contribution in [0.3, 0.4) is 0 Å². The van der Waals surface area contributed by atoms with E-state index < -0.39 is 15.6 Å². The van der Waals surface area contributed by atoms with Crippen LogP contribution in [-0.2, 0) is 16.6 Å². The van der Waals surface area contributed by atoms with Gasteiger partial charge in [0.15, 0.2) is 5.82 Å². The SMILES string of the molecule is CN1CCN(Cc2cccc(-c3cnc(Nc4ccnc(-c5cnn(S(=O)(=O)C6CC6)c5)n4)cc3NC3CCC(C)(O)CC3)n2)CC1. The molecule has 3 N–H and O–H groups in total. The molecule has 2 saturated carbocycles. The van der Waals surface area contributed by atoms with Crippen molar-refractivity contribution >= 4 is 27.3 Å². The molecule has 0 aromatic carbocycles. The van der Waals surface area contributed by atoms with Crippen LogP contribution in [0, 0.1) is 0 Å². The van der Waals surface area contributed by atoms with E-state index in [1.807, 2.05) is 25.3 Å². The summed E-state index contributed by atoms with van der Waals surface area (Å²) in [5.41, 5.74) is 3.56. The molecule has 248 valence electrons. The van der Waals surface area contributed by atoms with Crippen LogP contribution in [0.15, 0.2) is 55.1 Å². The van der Waals surface area contributed by atoms with Crippen LogP contribution in [-0.4, -0.2) is 103 Å². The Balaban J connectivity index is 1.13. The number of rotatable bonds is 10. The Morgan fingerprint density at radius 2 is 1.77 bits per heavy atom. The summed E-state index contributed by atoms with van der Waals surface area (Å²) in [5.74, 6) is 1.46. The summed E-state index contributed by atoms with van der Waals surface area (Å²) >= 11 is 0. The highest BCUT2D eigenvalue weighted by molar-refractivity contribution is 7.90. The van der Waals surface area contributed by atoms with Gasteiger partial charge in [0.1, 0.15) is 11.6 Å². The molecule has 3 fully saturated rings. The number of pyridine rings is 2. The molecule has 47 heavy (non-hydrogen) atoms. The lowest BCUT2D eigenvalue weighted by Crippen LogP contribution is -2.44. The predicted octanol–water partition coefficient (Wildman–Crippen LogP) is 3.73. The van der Waals surface area contributed by atoms with Crippen LogP contribution < -0.4 is 10.6 Å². The molecule has 0 radical (unpaired) electrons. The fourth-order valence-corrected chi connectivity index (χ4v) is 7.66. The second-order valence-corrected chi connectivity index (χ2v) is 15.4. The highest BCUT2D eigenvalue weighted by atomic mass is 32.2. The van der Waals surface area contributed by atoms with E-state index in [9.17, 15) is 13.5 Å². The summed E-state index contributed by atoms with van der Waals surface area (Å²) < 4.78 is 26.3. The minimum Gasteiger partial charge on any atom is -0.390 e. The first-order valence-corrected chi connectivity index (χ1v) is 17.9. The van der Waals surface area contributed by atoms with E-state index in [4.69, 9.17) is 9.97 Å². The van der Waals surface area contributed by atoms with Crippen LogP contribution in [0.5, 0.6) is 0 Å². The topological polar surface area (TPSA) is 154 Å². The van der Waals surface area contributed by atoms with Crippen molar-refractivity contribution < 1.29 is 13.5 Å². The van der Waals surface area contributed by atoms with Gasteiger partial charge >= 0.3 is 0 Å². The Kier molecular flexibility index (Phi) is 8.68.